The molecule has 96 valence electrons. The molecule has 0 aliphatic rings. The van der Waals surface area contributed by atoms with Crippen LogP contribution < -0.4 is 5.32 Å². The lowest BCUT2D eigenvalue weighted by Crippen LogP contribution is -2.33. The Hall–Kier alpha value is -0.420. The molecule has 0 saturated heterocycles. The average molecular weight is 249 g/mol. The van der Waals surface area contributed by atoms with Crippen molar-refractivity contribution in [2.45, 2.75) is 39.2 Å². The molecule has 5 heteroatoms. The second-order valence-corrected chi connectivity index (χ2v) is 5.70. The van der Waals surface area contributed by atoms with Crippen LogP contribution in [0.1, 0.15) is 33.6 Å². The van der Waals surface area contributed by atoms with Gasteiger partial charge in [-0.25, -0.2) is 4.79 Å². The zero-order chi connectivity index (χ0) is 12.4. The maximum atomic E-state index is 11.2. The van der Waals surface area contributed by atoms with Gasteiger partial charge >= 0.3 is 6.09 Å². The lowest BCUT2D eigenvalue weighted by molar-refractivity contribution is 0.0527. The first-order valence-electron chi connectivity index (χ1n) is 5.61. The zero-order valence-corrected chi connectivity index (χ0v) is 11.2. The van der Waals surface area contributed by atoms with Crippen LogP contribution in [0.2, 0.25) is 0 Å². The SMILES string of the molecule is CC(C)(C)OC(=O)NCCCCSCCO. The molecule has 0 rings (SSSR count). The van der Waals surface area contributed by atoms with Crippen LogP contribution in [0, 0.1) is 0 Å². The van der Waals surface area contributed by atoms with E-state index < -0.39 is 5.60 Å². The van der Waals surface area contributed by atoms with E-state index in [0.717, 1.165) is 24.3 Å². The molecule has 0 spiro atoms. The number of carbonyl (C=O) groups is 1. The number of aliphatic hydroxyl groups excluding tert-OH is 1. The third-order valence-corrected chi connectivity index (χ3v) is 2.67. The summed E-state index contributed by atoms with van der Waals surface area (Å²) in [6.07, 6.45) is 1.63. The van der Waals surface area contributed by atoms with Crippen LogP contribution >= 0.6 is 11.8 Å². The van der Waals surface area contributed by atoms with Crippen LogP contribution in [0.15, 0.2) is 0 Å². The topological polar surface area (TPSA) is 58.6 Å². The van der Waals surface area contributed by atoms with Crippen LogP contribution in [0.3, 0.4) is 0 Å². The molecule has 0 atom stereocenters. The van der Waals surface area contributed by atoms with Crippen molar-refractivity contribution in [3.63, 3.8) is 0 Å². The van der Waals surface area contributed by atoms with Gasteiger partial charge in [-0.2, -0.15) is 11.8 Å². The minimum absolute atomic E-state index is 0.237. The molecule has 0 heterocycles. The van der Waals surface area contributed by atoms with Gasteiger partial charge in [0.05, 0.1) is 6.61 Å². The van der Waals surface area contributed by atoms with E-state index in [-0.39, 0.29) is 12.7 Å². The summed E-state index contributed by atoms with van der Waals surface area (Å²) in [5.74, 6) is 1.82. The van der Waals surface area contributed by atoms with Crippen molar-refractivity contribution < 1.29 is 14.6 Å². The highest BCUT2D eigenvalue weighted by atomic mass is 32.2. The number of hydrogen-bond acceptors (Lipinski definition) is 4. The van der Waals surface area contributed by atoms with Crippen LogP contribution in [0.4, 0.5) is 4.79 Å². The molecule has 0 aromatic heterocycles. The minimum Gasteiger partial charge on any atom is -0.444 e. The molecule has 0 unspecified atom stereocenters. The molecule has 16 heavy (non-hydrogen) atoms. The van der Waals surface area contributed by atoms with Crippen molar-refractivity contribution in [2.75, 3.05) is 24.7 Å². The molecule has 0 aliphatic heterocycles. The van der Waals surface area contributed by atoms with E-state index in [0.29, 0.717) is 6.54 Å². The molecule has 0 saturated carbocycles. The second-order valence-electron chi connectivity index (χ2n) is 4.47. The van der Waals surface area contributed by atoms with Crippen LogP contribution in [-0.4, -0.2) is 41.5 Å². The highest BCUT2D eigenvalue weighted by Gasteiger charge is 2.15. The number of ether oxygens (including phenoxy) is 1. The number of alkyl carbamates (subject to hydrolysis) is 1. The van der Waals surface area contributed by atoms with E-state index in [1.54, 1.807) is 11.8 Å². The van der Waals surface area contributed by atoms with Gasteiger partial charge < -0.3 is 15.2 Å². The Bertz CT molecular complexity index is 192. The molecule has 0 bridgehead atoms. The Labute approximate surface area is 102 Å². The molecule has 0 fully saturated rings. The minimum atomic E-state index is -0.430. The second kappa shape index (κ2) is 8.70. The van der Waals surface area contributed by atoms with E-state index in [2.05, 4.69) is 5.32 Å². The largest absolute Gasteiger partial charge is 0.444 e. The van der Waals surface area contributed by atoms with Gasteiger partial charge in [-0.1, -0.05) is 0 Å². The summed E-state index contributed by atoms with van der Waals surface area (Å²) in [7, 11) is 0. The van der Waals surface area contributed by atoms with Gasteiger partial charge in [0.15, 0.2) is 0 Å². The first-order chi connectivity index (χ1) is 7.45. The summed E-state index contributed by atoms with van der Waals surface area (Å²) < 4.78 is 5.09. The van der Waals surface area contributed by atoms with Crippen LogP contribution in [-0.2, 0) is 4.74 Å². The van der Waals surface area contributed by atoms with E-state index in [1.165, 1.54) is 0 Å². The molecule has 0 aromatic rings. The number of unbranched alkanes of at least 4 members (excludes halogenated alkanes) is 1. The Balaban J connectivity index is 3.28. The van der Waals surface area contributed by atoms with Crippen molar-refractivity contribution in [1.29, 1.82) is 0 Å². The summed E-state index contributed by atoms with van der Waals surface area (Å²) in [5, 5.41) is 11.3. The monoisotopic (exact) mass is 249 g/mol. The van der Waals surface area contributed by atoms with Crippen LogP contribution in [0.5, 0.6) is 0 Å². The number of thioether (sulfide) groups is 1. The van der Waals surface area contributed by atoms with Gasteiger partial charge in [0.2, 0.25) is 0 Å². The molecule has 4 nitrogen and oxygen atoms in total. The third kappa shape index (κ3) is 11.7. The van der Waals surface area contributed by atoms with E-state index >= 15 is 0 Å². The normalized spacial score (nSPS) is 11.2. The first-order valence-corrected chi connectivity index (χ1v) is 6.76. The van der Waals surface area contributed by atoms with Gasteiger partial charge in [0, 0.05) is 12.3 Å². The lowest BCUT2D eigenvalue weighted by Gasteiger charge is -2.19. The van der Waals surface area contributed by atoms with Gasteiger partial charge in [0.25, 0.3) is 0 Å². The molecule has 1 amide bonds. The molecule has 0 radical (unpaired) electrons. The van der Waals surface area contributed by atoms with Crippen molar-refractivity contribution in [3.05, 3.63) is 0 Å². The highest BCUT2D eigenvalue weighted by Crippen LogP contribution is 2.06. The summed E-state index contributed by atoms with van der Waals surface area (Å²) in [6, 6.07) is 0. The van der Waals surface area contributed by atoms with E-state index in [4.69, 9.17) is 9.84 Å². The molecule has 0 aromatic carbocycles. The van der Waals surface area contributed by atoms with Gasteiger partial charge in [-0.05, 0) is 39.4 Å². The number of aliphatic hydroxyl groups is 1. The summed E-state index contributed by atoms with van der Waals surface area (Å²) in [6.45, 7) is 6.42. The van der Waals surface area contributed by atoms with Gasteiger partial charge in [-0.15, -0.1) is 0 Å². The van der Waals surface area contributed by atoms with Crippen LogP contribution in [0.25, 0.3) is 0 Å². The van der Waals surface area contributed by atoms with Crippen molar-refractivity contribution >= 4 is 17.9 Å². The maximum absolute atomic E-state index is 11.2. The lowest BCUT2D eigenvalue weighted by atomic mass is 10.2. The first kappa shape index (κ1) is 15.6. The maximum Gasteiger partial charge on any atom is 0.407 e. The van der Waals surface area contributed by atoms with Crippen molar-refractivity contribution in [1.82, 2.24) is 5.32 Å². The predicted molar refractivity (Wildman–Crippen MR) is 67.9 cm³/mol. The fourth-order valence-corrected chi connectivity index (χ4v) is 1.74. The average Bonchev–Trinajstić information content (AvgIpc) is 2.13. The fraction of sp³-hybridized carbons (Fsp3) is 0.909. The summed E-state index contributed by atoms with van der Waals surface area (Å²) >= 11 is 1.73. The Morgan fingerprint density at radius 1 is 1.31 bits per heavy atom. The fourth-order valence-electron chi connectivity index (χ4n) is 1.00. The van der Waals surface area contributed by atoms with Gasteiger partial charge in [0.1, 0.15) is 5.60 Å². The Morgan fingerprint density at radius 2 is 2.00 bits per heavy atom. The highest BCUT2D eigenvalue weighted by molar-refractivity contribution is 7.99. The predicted octanol–water partition coefficient (Wildman–Crippen LogP) is 2.02. The summed E-state index contributed by atoms with van der Waals surface area (Å²) in [5.41, 5.74) is -0.430. The summed E-state index contributed by atoms with van der Waals surface area (Å²) in [4.78, 5) is 11.2. The Morgan fingerprint density at radius 3 is 2.56 bits per heavy atom. The molecule has 2 N–H and O–H groups in total. The zero-order valence-electron chi connectivity index (χ0n) is 10.4. The van der Waals surface area contributed by atoms with E-state index in [9.17, 15) is 4.79 Å². The van der Waals surface area contributed by atoms with Gasteiger partial charge in [-0.3, -0.25) is 0 Å². The molecular weight excluding hydrogens is 226 g/mol. The van der Waals surface area contributed by atoms with Crippen molar-refractivity contribution in [3.8, 4) is 0 Å². The van der Waals surface area contributed by atoms with E-state index in [1.807, 2.05) is 20.8 Å². The number of carbonyl (C=O) groups excluding carboxylic acids is 1. The number of nitrogens with one attached hydrogen (secondary N) is 1. The number of amides is 1. The smallest absolute Gasteiger partial charge is 0.407 e. The Kier molecular flexibility index (Phi) is 8.47. The molecule has 0 aliphatic carbocycles. The standard InChI is InChI=1S/C11H23NO3S/c1-11(2,3)15-10(14)12-6-4-5-8-16-9-7-13/h13H,4-9H2,1-3H3,(H,12,14). The number of rotatable bonds is 7. The third-order valence-electron chi connectivity index (χ3n) is 1.62. The number of hydrogen-bond donors (Lipinski definition) is 2. The molecular formula is C11H23NO3S. The quantitative estimate of drug-likeness (QED) is 0.678. The van der Waals surface area contributed by atoms with Crippen molar-refractivity contribution in [2.24, 2.45) is 0 Å².